The van der Waals surface area contributed by atoms with E-state index in [0.717, 1.165) is 16.3 Å². The number of benzene rings is 3. The lowest BCUT2D eigenvalue weighted by molar-refractivity contribution is 0.0980. The number of rotatable bonds is 8. The Hall–Kier alpha value is -4.02. The summed E-state index contributed by atoms with van der Waals surface area (Å²) >= 11 is 6.25. The first-order chi connectivity index (χ1) is 19.2. The molecule has 1 aliphatic heterocycles. The highest BCUT2D eigenvalue weighted by Gasteiger charge is 2.35. The smallest absolute Gasteiger partial charge is 0.350 e. The zero-order valence-electron chi connectivity index (χ0n) is 22.3. The summed E-state index contributed by atoms with van der Waals surface area (Å²) < 4.78 is 38.6. The lowest BCUT2D eigenvalue weighted by Crippen LogP contribution is -2.50. The van der Waals surface area contributed by atoms with Gasteiger partial charge in [-0.25, -0.2) is 13.6 Å². The van der Waals surface area contributed by atoms with Gasteiger partial charge in [-0.1, -0.05) is 48.0 Å². The van der Waals surface area contributed by atoms with Gasteiger partial charge in [-0.3, -0.25) is 14.3 Å². The van der Waals surface area contributed by atoms with E-state index >= 15 is 4.39 Å². The predicted octanol–water partition coefficient (Wildman–Crippen LogP) is 5.54. The van der Waals surface area contributed by atoms with Crippen LogP contribution in [0.4, 0.5) is 20.2 Å². The summed E-state index contributed by atoms with van der Waals surface area (Å²) in [6, 6.07) is 16.1. The van der Waals surface area contributed by atoms with Crippen molar-refractivity contribution >= 4 is 28.9 Å². The van der Waals surface area contributed by atoms with E-state index in [1.807, 2.05) is 49.1 Å². The van der Waals surface area contributed by atoms with Gasteiger partial charge < -0.3 is 9.64 Å². The van der Waals surface area contributed by atoms with E-state index in [4.69, 9.17) is 16.3 Å². The number of ether oxygens (including phenoxy) is 1. The molecule has 0 saturated heterocycles. The maximum absolute atomic E-state index is 15.6. The van der Waals surface area contributed by atoms with Crippen molar-refractivity contribution in [2.45, 2.75) is 46.6 Å². The number of halogens is 3. The van der Waals surface area contributed by atoms with Crippen LogP contribution in [0.15, 0.2) is 65.5 Å². The topological polar surface area (TPSA) is 72.6 Å². The van der Waals surface area contributed by atoms with Gasteiger partial charge in [-0.15, -0.1) is 5.10 Å². The zero-order valence-corrected chi connectivity index (χ0v) is 23.0. The fourth-order valence-corrected chi connectivity index (χ4v) is 5.04. The molecule has 0 bridgehead atoms. The summed E-state index contributed by atoms with van der Waals surface area (Å²) in [6.07, 6.45) is 0. The van der Waals surface area contributed by atoms with E-state index in [2.05, 4.69) is 5.10 Å². The summed E-state index contributed by atoms with van der Waals surface area (Å²) in [7, 11) is 0. The summed E-state index contributed by atoms with van der Waals surface area (Å²) in [5, 5.41) is 4.45. The molecule has 208 valence electrons. The van der Waals surface area contributed by atoms with Crippen molar-refractivity contribution in [2.24, 2.45) is 0 Å². The van der Waals surface area contributed by atoms with Crippen LogP contribution in [0.1, 0.15) is 42.5 Å². The Morgan fingerprint density at radius 3 is 2.40 bits per heavy atom. The molecule has 40 heavy (non-hydrogen) atoms. The Balaban J connectivity index is 1.52. The van der Waals surface area contributed by atoms with Crippen molar-refractivity contribution in [3.8, 4) is 5.69 Å². The van der Waals surface area contributed by atoms with Crippen LogP contribution in [0.25, 0.3) is 5.69 Å². The van der Waals surface area contributed by atoms with Gasteiger partial charge in [0.25, 0.3) is 5.91 Å². The quantitative estimate of drug-likeness (QED) is 0.280. The van der Waals surface area contributed by atoms with E-state index in [0.29, 0.717) is 24.7 Å². The van der Waals surface area contributed by atoms with Crippen molar-refractivity contribution in [3.63, 3.8) is 0 Å². The fraction of sp³-hybridized carbons (Fsp3) is 0.276. The van der Waals surface area contributed by atoms with Crippen molar-refractivity contribution in [3.05, 3.63) is 105 Å². The second kappa shape index (κ2) is 11.2. The van der Waals surface area contributed by atoms with Gasteiger partial charge in [0.2, 0.25) is 0 Å². The van der Waals surface area contributed by atoms with Crippen LogP contribution in [-0.4, -0.2) is 33.0 Å². The molecule has 0 fully saturated rings. The molecule has 0 saturated carbocycles. The summed E-state index contributed by atoms with van der Waals surface area (Å²) in [5.41, 5.74) is 0.689. The van der Waals surface area contributed by atoms with Crippen LogP contribution in [0.2, 0.25) is 5.02 Å². The number of para-hydroxylation sites is 1. The van der Waals surface area contributed by atoms with Gasteiger partial charge >= 0.3 is 5.69 Å². The lowest BCUT2D eigenvalue weighted by atomic mass is 10.0. The van der Waals surface area contributed by atoms with Gasteiger partial charge in [0.15, 0.2) is 5.82 Å². The first-order valence-electron chi connectivity index (χ1n) is 12.9. The molecule has 0 atom stereocenters. The molecule has 1 aromatic heterocycles. The molecule has 4 aromatic rings. The van der Waals surface area contributed by atoms with Crippen molar-refractivity contribution in [1.29, 1.82) is 0 Å². The highest BCUT2D eigenvalue weighted by molar-refractivity contribution is 6.34. The highest BCUT2D eigenvalue weighted by atomic mass is 35.5. The SMILES string of the molecule is CCn1c(COCc2ccccc2)nn(-c2cc3c(cc2F)C(=O)N(c2c(F)cccc2Cl)CN3C(C)C)c1=O. The standard InChI is InChI=1S/C29H28ClF2N5O3/c1-4-34-26(16-40-15-19-9-6-5-7-10-19)33-37(29(34)39)25-14-24-20(13-23(25)32)28(38)36(17-35(24)18(2)3)27-21(30)11-8-12-22(27)31/h5-14,18H,4,15-17H2,1-3H3. The van der Waals surface area contributed by atoms with Gasteiger partial charge in [-0.05, 0) is 50.6 Å². The number of hydrogen-bond donors (Lipinski definition) is 0. The van der Waals surface area contributed by atoms with Crippen molar-refractivity contribution in [2.75, 3.05) is 16.5 Å². The molecule has 1 aliphatic rings. The molecular weight excluding hydrogens is 540 g/mol. The minimum atomic E-state index is -0.822. The van der Waals surface area contributed by atoms with Crippen molar-refractivity contribution < 1.29 is 18.3 Å². The largest absolute Gasteiger partial charge is 0.369 e. The van der Waals surface area contributed by atoms with E-state index in [-0.39, 0.29) is 41.3 Å². The number of amides is 1. The minimum Gasteiger partial charge on any atom is -0.369 e. The van der Waals surface area contributed by atoms with Crippen LogP contribution in [0.5, 0.6) is 0 Å². The Morgan fingerprint density at radius 2 is 1.73 bits per heavy atom. The first-order valence-corrected chi connectivity index (χ1v) is 13.3. The van der Waals surface area contributed by atoms with Gasteiger partial charge in [0.05, 0.1) is 29.5 Å². The number of anilines is 2. The molecule has 0 aliphatic carbocycles. The minimum absolute atomic E-state index is 0.0217. The van der Waals surface area contributed by atoms with E-state index < -0.39 is 23.2 Å². The normalized spacial score (nSPS) is 13.3. The second-order valence-electron chi connectivity index (χ2n) is 9.66. The zero-order chi connectivity index (χ0) is 28.6. The van der Waals surface area contributed by atoms with Gasteiger partial charge in [0.1, 0.15) is 29.6 Å². The van der Waals surface area contributed by atoms with Gasteiger partial charge in [-0.2, -0.15) is 4.68 Å². The number of carbonyl (C=O) groups excluding carboxylic acids is 1. The number of fused-ring (bicyclic) bond motifs is 1. The maximum atomic E-state index is 15.6. The Bertz CT molecular complexity index is 1600. The number of nitrogens with zero attached hydrogens (tertiary/aromatic N) is 5. The average Bonchev–Trinajstić information content (AvgIpc) is 3.24. The second-order valence-corrected chi connectivity index (χ2v) is 10.1. The molecule has 0 N–H and O–H groups in total. The third kappa shape index (κ3) is 5.00. The molecule has 5 rings (SSSR count). The Labute approximate surface area is 235 Å². The highest BCUT2D eigenvalue weighted by Crippen LogP contribution is 2.37. The molecule has 0 radical (unpaired) electrons. The number of hydrogen-bond acceptors (Lipinski definition) is 5. The fourth-order valence-electron chi connectivity index (χ4n) is 4.77. The monoisotopic (exact) mass is 567 g/mol. The van der Waals surface area contributed by atoms with E-state index in [1.54, 1.807) is 6.92 Å². The van der Waals surface area contributed by atoms with Crippen LogP contribution in [0, 0.1) is 11.6 Å². The molecule has 0 unspecified atom stereocenters. The Kier molecular flexibility index (Phi) is 7.73. The third-order valence-corrected chi connectivity index (χ3v) is 7.11. The molecule has 0 spiro atoms. The molecule has 3 aromatic carbocycles. The molecule has 11 heteroatoms. The van der Waals surface area contributed by atoms with Crippen molar-refractivity contribution in [1.82, 2.24) is 14.3 Å². The number of aromatic nitrogens is 3. The van der Waals surface area contributed by atoms with Gasteiger partial charge in [0, 0.05) is 12.6 Å². The lowest BCUT2D eigenvalue weighted by Gasteiger charge is -2.40. The van der Waals surface area contributed by atoms with Crippen LogP contribution < -0.4 is 15.5 Å². The average molecular weight is 568 g/mol. The maximum Gasteiger partial charge on any atom is 0.350 e. The van der Waals surface area contributed by atoms with Crippen LogP contribution in [-0.2, 0) is 24.5 Å². The molecule has 1 amide bonds. The predicted molar refractivity (Wildman–Crippen MR) is 149 cm³/mol. The first kappa shape index (κ1) is 27.5. The molecule has 8 nitrogen and oxygen atoms in total. The number of carbonyl (C=O) groups is 1. The third-order valence-electron chi connectivity index (χ3n) is 6.80. The molecule has 2 heterocycles. The summed E-state index contributed by atoms with van der Waals surface area (Å²) in [5.74, 6) is -1.75. The summed E-state index contributed by atoms with van der Waals surface area (Å²) in [6.45, 7) is 6.24. The van der Waals surface area contributed by atoms with E-state index in [9.17, 15) is 14.0 Å². The van der Waals surface area contributed by atoms with Crippen LogP contribution >= 0.6 is 11.6 Å². The Morgan fingerprint density at radius 1 is 0.975 bits per heavy atom. The molecular formula is C29H28ClF2N5O3. The van der Waals surface area contributed by atoms with Crippen LogP contribution in [0.3, 0.4) is 0 Å². The summed E-state index contributed by atoms with van der Waals surface area (Å²) in [4.78, 5) is 29.8. The van der Waals surface area contributed by atoms with E-state index in [1.165, 1.54) is 33.7 Å².